The highest BCUT2D eigenvalue weighted by Crippen LogP contribution is 2.51. The van der Waals surface area contributed by atoms with Crippen LogP contribution in [0.25, 0.3) is 0 Å². The zero-order valence-corrected chi connectivity index (χ0v) is 21.4. The van der Waals surface area contributed by atoms with Crippen LogP contribution in [0.15, 0.2) is 52.9 Å². The van der Waals surface area contributed by atoms with Crippen molar-refractivity contribution < 1.29 is 13.9 Å². The van der Waals surface area contributed by atoms with Gasteiger partial charge in [0.15, 0.2) is 8.29 Å². The van der Waals surface area contributed by atoms with Crippen molar-refractivity contribution in [2.75, 3.05) is 12.8 Å². The minimum absolute atomic E-state index is 0.0697. The fourth-order valence-electron chi connectivity index (χ4n) is 2.99. The molecule has 0 radical (unpaired) electrons. The summed E-state index contributed by atoms with van der Waals surface area (Å²) in [5.74, 6) is 0.705. The smallest absolute Gasteiger partial charge is 0.275 e. The second-order valence-electron chi connectivity index (χ2n) is 6.69. The van der Waals surface area contributed by atoms with Gasteiger partial charge in [0.05, 0.1) is 12.8 Å². The van der Waals surface area contributed by atoms with Crippen LogP contribution in [0.5, 0.6) is 0 Å². The summed E-state index contributed by atoms with van der Waals surface area (Å²) in [7, 11) is -3.52. The topological polar surface area (TPSA) is 72.1 Å². The van der Waals surface area contributed by atoms with Crippen molar-refractivity contribution in [2.45, 2.75) is 37.8 Å². The fraction of sp³-hybridized carbons (Fsp3) is 0.318. The summed E-state index contributed by atoms with van der Waals surface area (Å²) in [6.07, 6.45) is 11.1. The van der Waals surface area contributed by atoms with Crippen LogP contribution in [0.1, 0.15) is 40.9 Å². The van der Waals surface area contributed by atoms with E-state index in [0.717, 1.165) is 21.0 Å². The molecule has 0 spiro atoms. The Kier molecular flexibility index (Phi) is 10.3. The number of nitrogens with zero attached hydrogens (tertiary/aromatic N) is 1. The third kappa shape index (κ3) is 7.51. The molecule has 1 heterocycles. The summed E-state index contributed by atoms with van der Waals surface area (Å²) >= 11 is 8.08. The molecule has 0 saturated carbocycles. The van der Waals surface area contributed by atoms with Gasteiger partial charge in [-0.3, -0.25) is 14.5 Å². The fourth-order valence-corrected chi connectivity index (χ4v) is 6.90. The van der Waals surface area contributed by atoms with Gasteiger partial charge in [0, 0.05) is 11.3 Å². The molecule has 0 aliphatic heterocycles. The van der Waals surface area contributed by atoms with Gasteiger partial charge in [0.25, 0.3) is 7.37 Å². The Morgan fingerprint density at radius 2 is 1.94 bits per heavy atom. The van der Waals surface area contributed by atoms with E-state index in [1.54, 1.807) is 30.8 Å². The number of aromatic amines is 1. The number of nitrogens with one attached hydrogen (secondary N) is 1. The van der Waals surface area contributed by atoms with Crippen LogP contribution in [0, 0.1) is 17.8 Å². The summed E-state index contributed by atoms with van der Waals surface area (Å²) in [6.45, 7) is 7.64. The van der Waals surface area contributed by atoms with Crippen LogP contribution in [-0.4, -0.2) is 28.5 Å². The normalized spacial score (nSPS) is 14.1. The molecule has 0 aliphatic carbocycles. The molecule has 1 N–H and O–H groups in total. The number of allylic oxidation sites excluding steroid dienone is 6. The van der Waals surface area contributed by atoms with Gasteiger partial charge in [-0.1, -0.05) is 71.7 Å². The quantitative estimate of drug-likeness (QED) is 0.153. The first-order valence-electron chi connectivity index (χ1n) is 9.82. The Morgan fingerprint density at radius 3 is 2.52 bits per heavy atom. The van der Waals surface area contributed by atoms with Crippen LogP contribution in [0.4, 0.5) is 0 Å². The van der Waals surface area contributed by atoms with E-state index in [1.807, 2.05) is 57.2 Å². The Bertz CT molecular complexity index is 1080. The van der Waals surface area contributed by atoms with Crippen molar-refractivity contribution >= 4 is 48.2 Å². The summed E-state index contributed by atoms with van der Waals surface area (Å²) in [4.78, 5) is 13.3. The molecular weight excluding hydrogens is 467 g/mol. The van der Waals surface area contributed by atoms with Gasteiger partial charge in [0.2, 0.25) is 5.52 Å². The molecule has 2 rings (SSSR count). The molecular formula is C22H27N2O3PS3. The molecule has 0 aliphatic rings. The number of H-pyrrole nitrogens is 1. The van der Waals surface area contributed by atoms with Gasteiger partial charge in [0.1, 0.15) is 0 Å². The van der Waals surface area contributed by atoms with E-state index in [1.165, 1.54) is 11.3 Å². The number of rotatable bonds is 11. The maximum absolute atomic E-state index is 13.4. The number of carbonyl (C=O) groups excluding carboxylic acids is 1. The number of benzene rings is 1. The first-order valence-corrected chi connectivity index (χ1v) is 13.8. The van der Waals surface area contributed by atoms with E-state index in [0.29, 0.717) is 15.3 Å². The van der Waals surface area contributed by atoms with Crippen molar-refractivity contribution in [3.63, 3.8) is 0 Å². The lowest BCUT2D eigenvalue weighted by molar-refractivity contribution is 0.105. The van der Waals surface area contributed by atoms with Crippen LogP contribution in [0.3, 0.4) is 0 Å². The second kappa shape index (κ2) is 12.5. The van der Waals surface area contributed by atoms with Crippen molar-refractivity contribution in [3.05, 3.63) is 74.8 Å². The third-order valence-electron chi connectivity index (χ3n) is 4.24. The van der Waals surface area contributed by atoms with E-state index in [4.69, 9.17) is 16.7 Å². The summed E-state index contributed by atoms with van der Waals surface area (Å²) < 4.78 is 20.5. The predicted molar refractivity (Wildman–Crippen MR) is 134 cm³/mol. The van der Waals surface area contributed by atoms with Crippen LogP contribution in [-0.2, 0) is 14.8 Å². The van der Waals surface area contributed by atoms with E-state index in [9.17, 15) is 9.36 Å². The molecule has 1 atom stereocenters. The van der Waals surface area contributed by atoms with E-state index < -0.39 is 12.9 Å². The monoisotopic (exact) mass is 494 g/mol. The minimum atomic E-state index is -3.52. The molecule has 5 nitrogen and oxygen atoms in total. The van der Waals surface area contributed by atoms with Crippen LogP contribution >= 0.6 is 42.7 Å². The number of aromatic nitrogens is 2. The van der Waals surface area contributed by atoms with Gasteiger partial charge in [-0.15, -0.1) is 0 Å². The second-order valence-corrected chi connectivity index (χ2v) is 12.0. The largest absolute Gasteiger partial charge is 0.323 e. The van der Waals surface area contributed by atoms with Gasteiger partial charge in [-0.25, -0.2) is 0 Å². The van der Waals surface area contributed by atoms with Crippen LogP contribution < -0.4 is 0 Å². The lowest BCUT2D eigenvalue weighted by Crippen LogP contribution is -2.11. The van der Waals surface area contributed by atoms with Gasteiger partial charge in [-0.05, 0) is 56.6 Å². The SMILES string of the molecule is C/C=C\C=C/C=CCP(=O)(OCC)C(=O)c1c(C)cc(CSc2n[nH]c(=S)s2)cc1C. The maximum atomic E-state index is 13.4. The molecule has 166 valence electrons. The average Bonchev–Trinajstić information content (AvgIpc) is 3.14. The number of hydrogen-bond donors (Lipinski definition) is 1. The first-order chi connectivity index (χ1) is 14.8. The zero-order valence-electron chi connectivity index (χ0n) is 18.1. The molecule has 2 aromatic rings. The summed E-state index contributed by atoms with van der Waals surface area (Å²) in [5, 5.41) is 6.93. The van der Waals surface area contributed by atoms with E-state index >= 15 is 0 Å². The lowest BCUT2D eigenvalue weighted by Gasteiger charge is -2.18. The van der Waals surface area contributed by atoms with E-state index in [2.05, 4.69) is 10.2 Å². The molecule has 9 heteroatoms. The molecule has 0 saturated heterocycles. The molecule has 0 bridgehead atoms. The maximum Gasteiger partial charge on any atom is 0.275 e. The highest BCUT2D eigenvalue weighted by molar-refractivity contribution is 8.00. The van der Waals surface area contributed by atoms with Crippen molar-refractivity contribution in [1.82, 2.24) is 10.2 Å². The third-order valence-corrected chi connectivity index (χ3v) is 8.75. The van der Waals surface area contributed by atoms with Gasteiger partial charge >= 0.3 is 0 Å². The number of hydrogen-bond acceptors (Lipinski definition) is 7. The molecule has 31 heavy (non-hydrogen) atoms. The van der Waals surface area contributed by atoms with Gasteiger partial charge in [-0.2, -0.15) is 5.10 Å². The van der Waals surface area contributed by atoms with Crippen LogP contribution in [0.2, 0.25) is 0 Å². The number of thioether (sulfide) groups is 1. The molecule has 1 aromatic carbocycles. The van der Waals surface area contributed by atoms with Crippen molar-refractivity contribution in [3.8, 4) is 0 Å². The summed E-state index contributed by atoms with van der Waals surface area (Å²) in [6, 6.07) is 3.93. The standard InChI is InChI=1S/C22H27N2O3PS3/c1-5-7-8-9-10-11-12-28(26,27-6-2)20(25)19-16(3)13-18(14-17(19)4)15-30-22-24-23-21(29)31-22/h5,7-11,13-14H,6,12,15H2,1-4H3,(H,23,29)/b7-5-,9-8-,11-10?. The highest BCUT2D eigenvalue weighted by atomic mass is 32.2. The summed E-state index contributed by atoms with van der Waals surface area (Å²) in [5.41, 5.74) is 2.73. The van der Waals surface area contributed by atoms with E-state index in [-0.39, 0.29) is 12.8 Å². The minimum Gasteiger partial charge on any atom is -0.323 e. The zero-order chi connectivity index (χ0) is 22.9. The Balaban J connectivity index is 2.21. The average molecular weight is 495 g/mol. The van der Waals surface area contributed by atoms with Gasteiger partial charge < -0.3 is 4.52 Å². The number of aryl methyl sites for hydroxylation is 2. The molecule has 1 unspecified atom stereocenters. The Hall–Kier alpha value is -1.57. The Morgan fingerprint density at radius 1 is 1.26 bits per heavy atom. The lowest BCUT2D eigenvalue weighted by atomic mass is 10.0. The molecule has 1 aromatic heterocycles. The highest BCUT2D eigenvalue weighted by Gasteiger charge is 2.34. The Labute approximate surface area is 197 Å². The predicted octanol–water partition coefficient (Wildman–Crippen LogP) is 7.25. The molecule has 0 amide bonds. The first kappa shape index (κ1) is 25.7. The van der Waals surface area contributed by atoms with Crippen molar-refractivity contribution in [2.24, 2.45) is 0 Å². The number of carbonyl (C=O) groups is 1. The molecule has 0 fully saturated rings. The van der Waals surface area contributed by atoms with Crippen molar-refractivity contribution in [1.29, 1.82) is 0 Å².